The summed E-state index contributed by atoms with van der Waals surface area (Å²) in [5.74, 6) is -0.772. The molecule has 0 heterocycles. The van der Waals surface area contributed by atoms with Crippen LogP contribution in [0.2, 0.25) is 0 Å². The van der Waals surface area contributed by atoms with Gasteiger partial charge >= 0.3 is 5.97 Å². The summed E-state index contributed by atoms with van der Waals surface area (Å²) in [5, 5.41) is 0. The fraction of sp³-hybridized carbons (Fsp3) is 0.714. The lowest BCUT2D eigenvalue weighted by Gasteiger charge is -2.41. The molecule has 0 atom stereocenters. The third kappa shape index (κ3) is 6.02. The standard InChI is InChI=1S/C21H33NO3/c1-3-25-21(24)20(17(2)23)15-10-16-22(18-11-6-4-7-12-18)19-13-8-5-9-14-19/h10,15-16,18-19H,3-9,11-14H2,1-2H3/b16-10+,20-15+. The van der Waals surface area contributed by atoms with Crippen LogP contribution in [0.1, 0.15) is 78.1 Å². The van der Waals surface area contributed by atoms with Crippen LogP contribution in [0.4, 0.5) is 0 Å². The molecule has 4 nitrogen and oxygen atoms in total. The molecule has 0 radical (unpaired) electrons. The molecule has 25 heavy (non-hydrogen) atoms. The summed E-state index contributed by atoms with van der Waals surface area (Å²) < 4.78 is 4.98. The Labute approximate surface area is 152 Å². The van der Waals surface area contributed by atoms with Gasteiger partial charge in [-0.15, -0.1) is 0 Å². The predicted molar refractivity (Wildman–Crippen MR) is 100 cm³/mol. The van der Waals surface area contributed by atoms with E-state index in [1.807, 2.05) is 6.08 Å². The highest BCUT2D eigenvalue weighted by atomic mass is 16.5. The van der Waals surface area contributed by atoms with Gasteiger partial charge in [0.1, 0.15) is 5.57 Å². The van der Waals surface area contributed by atoms with E-state index in [-0.39, 0.29) is 18.0 Å². The van der Waals surface area contributed by atoms with Gasteiger partial charge in [0.25, 0.3) is 0 Å². The van der Waals surface area contributed by atoms with Gasteiger partial charge in [0, 0.05) is 12.1 Å². The molecule has 4 heteroatoms. The van der Waals surface area contributed by atoms with Crippen molar-refractivity contribution in [3.8, 4) is 0 Å². The Morgan fingerprint density at radius 1 is 0.960 bits per heavy atom. The van der Waals surface area contributed by atoms with Crippen LogP contribution in [0.15, 0.2) is 23.9 Å². The van der Waals surface area contributed by atoms with Crippen LogP contribution < -0.4 is 0 Å². The van der Waals surface area contributed by atoms with E-state index in [0.29, 0.717) is 12.1 Å². The fourth-order valence-corrected chi connectivity index (χ4v) is 4.08. The summed E-state index contributed by atoms with van der Waals surface area (Å²) >= 11 is 0. The number of rotatable bonds is 7. The number of allylic oxidation sites excluding steroid dienone is 2. The molecule has 0 saturated heterocycles. The molecule has 0 N–H and O–H groups in total. The van der Waals surface area contributed by atoms with E-state index >= 15 is 0 Å². The smallest absolute Gasteiger partial charge is 0.341 e. The first-order valence-electron chi connectivity index (χ1n) is 9.97. The number of carbonyl (C=O) groups is 2. The molecule has 0 unspecified atom stereocenters. The van der Waals surface area contributed by atoms with Gasteiger partial charge in [0.05, 0.1) is 6.61 Å². The van der Waals surface area contributed by atoms with Crippen molar-refractivity contribution in [2.45, 2.75) is 90.1 Å². The van der Waals surface area contributed by atoms with Gasteiger partial charge < -0.3 is 9.64 Å². The Kier molecular flexibility index (Phi) is 8.23. The molecule has 2 saturated carbocycles. The summed E-state index contributed by atoms with van der Waals surface area (Å²) in [5.41, 5.74) is 0.130. The summed E-state index contributed by atoms with van der Waals surface area (Å²) in [4.78, 5) is 26.2. The van der Waals surface area contributed by atoms with Crippen molar-refractivity contribution in [1.82, 2.24) is 4.90 Å². The van der Waals surface area contributed by atoms with Gasteiger partial charge in [-0.2, -0.15) is 0 Å². The number of ketones is 1. The highest BCUT2D eigenvalue weighted by Crippen LogP contribution is 2.30. The Morgan fingerprint density at radius 2 is 1.48 bits per heavy atom. The molecular weight excluding hydrogens is 314 g/mol. The summed E-state index contributed by atoms with van der Waals surface area (Å²) in [6.45, 7) is 3.44. The minimum absolute atomic E-state index is 0.130. The summed E-state index contributed by atoms with van der Waals surface area (Å²) in [6.07, 6.45) is 18.5. The van der Waals surface area contributed by atoms with Crippen LogP contribution in [-0.2, 0) is 14.3 Å². The van der Waals surface area contributed by atoms with Gasteiger partial charge in [-0.05, 0) is 57.9 Å². The van der Waals surface area contributed by atoms with Crippen molar-refractivity contribution in [1.29, 1.82) is 0 Å². The Bertz CT molecular complexity index is 479. The molecule has 140 valence electrons. The molecule has 0 bridgehead atoms. The first-order valence-corrected chi connectivity index (χ1v) is 9.97. The van der Waals surface area contributed by atoms with E-state index in [1.165, 1.54) is 71.1 Å². The third-order valence-corrected chi connectivity index (χ3v) is 5.39. The lowest BCUT2D eigenvalue weighted by Crippen LogP contribution is -2.41. The van der Waals surface area contributed by atoms with E-state index in [1.54, 1.807) is 13.0 Å². The summed E-state index contributed by atoms with van der Waals surface area (Å²) in [6, 6.07) is 1.20. The van der Waals surface area contributed by atoms with E-state index in [0.717, 1.165) is 0 Å². The molecule has 0 amide bonds. The van der Waals surface area contributed by atoms with E-state index in [9.17, 15) is 9.59 Å². The molecule has 2 aliphatic carbocycles. The van der Waals surface area contributed by atoms with Crippen molar-refractivity contribution in [3.05, 3.63) is 23.9 Å². The van der Waals surface area contributed by atoms with Crippen molar-refractivity contribution in [2.75, 3.05) is 6.61 Å². The van der Waals surface area contributed by atoms with Crippen LogP contribution >= 0.6 is 0 Å². The minimum Gasteiger partial charge on any atom is -0.462 e. The quantitative estimate of drug-likeness (QED) is 0.223. The first-order chi connectivity index (χ1) is 12.1. The van der Waals surface area contributed by atoms with Crippen LogP contribution in [-0.4, -0.2) is 35.3 Å². The van der Waals surface area contributed by atoms with Crippen LogP contribution in [0.3, 0.4) is 0 Å². The number of nitrogens with zero attached hydrogens (tertiary/aromatic N) is 1. The average molecular weight is 347 g/mol. The maximum absolute atomic E-state index is 11.9. The van der Waals surface area contributed by atoms with E-state index in [4.69, 9.17) is 4.74 Å². The minimum atomic E-state index is -0.526. The molecule has 2 aliphatic rings. The molecule has 0 aromatic heterocycles. The maximum atomic E-state index is 11.9. The largest absolute Gasteiger partial charge is 0.462 e. The molecule has 0 spiro atoms. The van der Waals surface area contributed by atoms with Crippen molar-refractivity contribution < 1.29 is 14.3 Å². The fourth-order valence-electron chi connectivity index (χ4n) is 4.08. The zero-order chi connectivity index (χ0) is 18.1. The maximum Gasteiger partial charge on any atom is 0.341 e. The second kappa shape index (κ2) is 10.4. The van der Waals surface area contributed by atoms with Crippen LogP contribution in [0.5, 0.6) is 0 Å². The zero-order valence-corrected chi connectivity index (χ0v) is 15.8. The van der Waals surface area contributed by atoms with E-state index < -0.39 is 5.97 Å². The topological polar surface area (TPSA) is 46.6 Å². The van der Waals surface area contributed by atoms with Gasteiger partial charge in [0.15, 0.2) is 5.78 Å². The monoisotopic (exact) mass is 347 g/mol. The molecule has 2 rings (SSSR count). The highest BCUT2D eigenvalue weighted by molar-refractivity contribution is 6.16. The molecular formula is C21H33NO3. The second-order valence-electron chi connectivity index (χ2n) is 7.23. The van der Waals surface area contributed by atoms with Gasteiger partial charge in [0.2, 0.25) is 0 Å². The molecule has 0 aromatic carbocycles. The molecule has 2 fully saturated rings. The average Bonchev–Trinajstić information content (AvgIpc) is 2.63. The van der Waals surface area contributed by atoms with Crippen LogP contribution in [0.25, 0.3) is 0 Å². The number of hydrogen-bond donors (Lipinski definition) is 0. The lowest BCUT2D eigenvalue weighted by atomic mass is 9.89. The van der Waals surface area contributed by atoms with Crippen molar-refractivity contribution in [2.24, 2.45) is 0 Å². The number of carbonyl (C=O) groups excluding carboxylic acids is 2. The van der Waals surface area contributed by atoms with Gasteiger partial charge in [-0.3, -0.25) is 4.79 Å². The van der Waals surface area contributed by atoms with E-state index in [2.05, 4.69) is 11.1 Å². The Morgan fingerprint density at radius 3 is 1.92 bits per heavy atom. The second-order valence-corrected chi connectivity index (χ2v) is 7.23. The number of hydrogen-bond acceptors (Lipinski definition) is 4. The normalized spacial score (nSPS) is 20.6. The summed E-state index contributed by atoms with van der Waals surface area (Å²) in [7, 11) is 0. The molecule has 0 aromatic rings. The lowest BCUT2D eigenvalue weighted by molar-refractivity contribution is -0.139. The third-order valence-electron chi connectivity index (χ3n) is 5.39. The SMILES string of the molecule is CCOC(=O)/C(=C/C=C/N(C1CCCCC1)C1CCCCC1)C(C)=O. The van der Waals surface area contributed by atoms with Gasteiger partial charge in [-0.1, -0.05) is 38.5 Å². The number of ether oxygens (including phenoxy) is 1. The van der Waals surface area contributed by atoms with Crippen molar-refractivity contribution in [3.63, 3.8) is 0 Å². The Balaban J connectivity index is 2.12. The number of Topliss-reactive ketones (excluding diaryl/α,β-unsaturated/α-hetero) is 1. The Hall–Kier alpha value is -1.58. The predicted octanol–water partition coefficient (Wildman–Crippen LogP) is 4.55. The zero-order valence-electron chi connectivity index (χ0n) is 15.8. The van der Waals surface area contributed by atoms with Crippen LogP contribution in [0, 0.1) is 0 Å². The van der Waals surface area contributed by atoms with Gasteiger partial charge in [-0.25, -0.2) is 4.79 Å². The highest BCUT2D eigenvalue weighted by Gasteiger charge is 2.26. The first kappa shape index (κ1) is 19.7. The number of esters is 1. The van der Waals surface area contributed by atoms with Crippen molar-refractivity contribution >= 4 is 11.8 Å². The molecule has 0 aliphatic heterocycles.